The van der Waals surface area contributed by atoms with Gasteiger partial charge in [0.2, 0.25) is 5.91 Å². The Morgan fingerprint density at radius 2 is 1.91 bits per heavy atom. The summed E-state index contributed by atoms with van der Waals surface area (Å²) in [5.74, 6) is 1.04. The van der Waals surface area contributed by atoms with E-state index in [1.54, 1.807) is 28.4 Å². The van der Waals surface area contributed by atoms with Crippen molar-refractivity contribution in [2.45, 2.75) is 63.0 Å². The number of sulfonamides is 1. The number of aryl methyl sites for hydroxylation is 2. The SMILES string of the molecule is CCc1ccc2c(c1)CCC(C1CC1)N2S(=O)(=O)c1ccc(OCC2CC(=O)N(C)C2)c(CO)c1. The van der Waals surface area contributed by atoms with Crippen molar-refractivity contribution in [2.75, 3.05) is 24.5 Å². The molecule has 2 atom stereocenters. The predicted molar refractivity (Wildman–Crippen MR) is 134 cm³/mol. The average molecular weight is 499 g/mol. The third-order valence-corrected chi connectivity index (χ3v) is 9.46. The lowest BCUT2D eigenvalue weighted by atomic mass is 9.93. The number of fused-ring (bicyclic) bond motifs is 1. The molecular formula is C27H34N2O5S. The lowest BCUT2D eigenvalue weighted by Gasteiger charge is -2.38. The van der Waals surface area contributed by atoms with Crippen LogP contribution in [0.2, 0.25) is 0 Å². The first kappa shape index (κ1) is 24.1. The molecule has 7 nitrogen and oxygen atoms in total. The number of rotatable bonds is 8. The van der Waals surface area contributed by atoms with Gasteiger partial charge in [0.25, 0.3) is 10.0 Å². The standard InChI is InChI=1S/C27H34N2O5S/c1-3-18-4-9-25-21(12-18)7-10-24(20-5-6-20)29(25)35(32,33)23-8-11-26(22(14-23)16-30)34-17-19-13-27(31)28(2)15-19/h4,8-9,11-12,14,19-20,24,30H,3,5-7,10,13,15-17H2,1-2H3. The first-order valence-corrected chi connectivity index (χ1v) is 14.0. The maximum atomic E-state index is 14.0. The number of hydrogen-bond donors (Lipinski definition) is 1. The van der Waals surface area contributed by atoms with Crippen molar-refractivity contribution in [2.24, 2.45) is 11.8 Å². The molecule has 0 spiro atoms. The zero-order chi connectivity index (χ0) is 24.7. The topological polar surface area (TPSA) is 87.2 Å². The molecule has 5 rings (SSSR count). The van der Waals surface area contributed by atoms with Crippen molar-refractivity contribution in [1.82, 2.24) is 4.90 Å². The summed E-state index contributed by atoms with van der Waals surface area (Å²) in [5.41, 5.74) is 3.52. The van der Waals surface area contributed by atoms with Crippen molar-refractivity contribution in [3.05, 3.63) is 53.1 Å². The molecule has 0 radical (unpaired) electrons. The van der Waals surface area contributed by atoms with Crippen molar-refractivity contribution < 1.29 is 23.1 Å². The number of aliphatic hydroxyl groups excluding tert-OH is 1. The van der Waals surface area contributed by atoms with Gasteiger partial charge in [0.1, 0.15) is 5.75 Å². The number of hydrogen-bond acceptors (Lipinski definition) is 5. The van der Waals surface area contributed by atoms with Gasteiger partial charge in [-0.1, -0.05) is 19.1 Å². The van der Waals surface area contributed by atoms with Crippen molar-refractivity contribution in [3.63, 3.8) is 0 Å². The van der Waals surface area contributed by atoms with Gasteiger partial charge in [0.15, 0.2) is 0 Å². The van der Waals surface area contributed by atoms with Gasteiger partial charge in [0, 0.05) is 37.5 Å². The highest BCUT2D eigenvalue weighted by Crippen LogP contribution is 2.45. The van der Waals surface area contributed by atoms with Crippen LogP contribution in [0.1, 0.15) is 49.3 Å². The highest BCUT2D eigenvalue weighted by atomic mass is 32.2. The minimum Gasteiger partial charge on any atom is -0.493 e. The molecule has 1 N–H and O–H groups in total. The molecule has 35 heavy (non-hydrogen) atoms. The normalized spacial score (nSPS) is 22.4. The Hall–Kier alpha value is -2.58. The van der Waals surface area contributed by atoms with Crippen LogP contribution in [0.25, 0.3) is 0 Å². The lowest BCUT2D eigenvalue weighted by molar-refractivity contribution is -0.126. The molecule has 2 fully saturated rings. The first-order chi connectivity index (χ1) is 16.8. The van der Waals surface area contributed by atoms with Crippen molar-refractivity contribution >= 4 is 21.6 Å². The number of nitrogens with zero attached hydrogens (tertiary/aromatic N) is 2. The van der Waals surface area contributed by atoms with Gasteiger partial charge in [-0.25, -0.2) is 8.42 Å². The third kappa shape index (κ3) is 4.66. The van der Waals surface area contributed by atoms with Gasteiger partial charge in [-0.2, -0.15) is 0 Å². The van der Waals surface area contributed by atoms with E-state index in [4.69, 9.17) is 4.74 Å². The van der Waals surface area contributed by atoms with Crippen LogP contribution >= 0.6 is 0 Å². The van der Waals surface area contributed by atoms with Crippen LogP contribution in [0.5, 0.6) is 5.75 Å². The van der Waals surface area contributed by atoms with E-state index in [-0.39, 0.29) is 29.4 Å². The van der Waals surface area contributed by atoms with Crippen LogP contribution in [0.15, 0.2) is 41.3 Å². The second kappa shape index (κ2) is 9.47. The van der Waals surface area contributed by atoms with Gasteiger partial charge >= 0.3 is 0 Å². The molecular weight excluding hydrogens is 464 g/mol. The van der Waals surface area contributed by atoms with E-state index in [9.17, 15) is 18.3 Å². The number of carbonyl (C=O) groups excluding carboxylic acids is 1. The smallest absolute Gasteiger partial charge is 0.264 e. The van der Waals surface area contributed by atoms with E-state index in [0.29, 0.717) is 36.8 Å². The summed E-state index contributed by atoms with van der Waals surface area (Å²) < 4.78 is 35.6. The Labute approximate surface area is 207 Å². The third-order valence-electron chi connectivity index (χ3n) is 7.62. The number of likely N-dealkylation sites (tertiary alicyclic amines) is 1. The summed E-state index contributed by atoms with van der Waals surface area (Å²) in [6.07, 6.45) is 5.20. The fourth-order valence-electron chi connectivity index (χ4n) is 5.46. The molecule has 0 aromatic heterocycles. The molecule has 2 aliphatic heterocycles. The predicted octanol–water partition coefficient (Wildman–Crippen LogP) is 3.52. The van der Waals surface area contributed by atoms with Crippen LogP contribution in [0.4, 0.5) is 5.69 Å². The second-order valence-electron chi connectivity index (χ2n) is 10.1. The number of carbonyl (C=O) groups is 1. The maximum absolute atomic E-state index is 14.0. The molecule has 8 heteroatoms. The highest BCUT2D eigenvalue weighted by Gasteiger charge is 2.44. The van der Waals surface area contributed by atoms with Crippen LogP contribution < -0.4 is 9.04 Å². The lowest BCUT2D eigenvalue weighted by Crippen LogP contribution is -2.45. The minimum absolute atomic E-state index is 0.0367. The maximum Gasteiger partial charge on any atom is 0.264 e. The molecule has 2 heterocycles. The molecule has 0 bridgehead atoms. The Morgan fingerprint density at radius 3 is 2.57 bits per heavy atom. The first-order valence-electron chi connectivity index (χ1n) is 12.6. The van der Waals surface area contributed by atoms with Crippen LogP contribution in [-0.2, 0) is 34.3 Å². The molecule has 1 saturated heterocycles. The van der Waals surface area contributed by atoms with E-state index in [1.165, 1.54) is 11.6 Å². The number of benzene rings is 2. The van der Waals surface area contributed by atoms with Gasteiger partial charge in [-0.15, -0.1) is 0 Å². The molecule has 3 aliphatic rings. The van der Waals surface area contributed by atoms with Crippen LogP contribution in [0, 0.1) is 11.8 Å². The molecule has 1 saturated carbocycles. The van der Waals surface area contributed by atoms with Crippen molar-refractivity contribution in [3.8, 4) is 5.75 Å². The van der Waals surface area contributed by atoms with E-state index < -0.39 is 10.0 Å². The largest absolute Gasteiger partial charge is 0.493 e. The Bertz CT molecular complexity index is 1220. The van der Waals surface area contributed by atoms with Crippen LogP contribution in [0.3, 0.4) is 0 Å². The van der Waals surface area contributed by atoms with E-state index in [1.807, 2.05) is 12.1 Å². The Balaban J connectivity index is 1.44. The van der Waals surface area contributed by atoms with E-state index in [2.05, 4.69) is 13.0 Å². The van der Waals surface area contributed by atoms with E-state index >= 15 is 0 Å². The van der Waals surface area contributed by atoms with Gasteiger partial charge < -0.3 is 14.7 Å². The Morgan fingerprint density at radius 1 is 1.11 bits per heavy atom. The van der Waals surface area contributed by atoms with Crippen LogP contribution in [-0.4, -0.2) is 50.6 Å². The summed E-state index contributed by atoms with van der Waals surface area (Å²) in [6.45, 7) is 2.76. The van der Waals surface area contributed by atoms with Gasteiger partial charge in [-0.05, 0) is 73.4 Å². The fraction of sp³-hybridized carbons (Fsp3) is 0.519. The zero-order valence-electron chi connectivity index (χ0n) is 20.4. The molecule has 1 aliphatic carbocycles. The number of aliphatic hydroxyl groups is 1. The van der Waals surface area contributed by atoms with E-state index in [0.717, 1.165) is 43.4 Å². The highest BCUT2D eigenvalue weighted by molar-refractivity contribution is 7.92. The van der Waals surface area contributed by atoms with Crippen molar-refractivity contribution in [1.29, 1.82) is 0 Å². The summed E-state index contributed by atoms with van der Waals surface area (Å²) in [7, 11) is -2.05. The van der Waals surface area contributed by atoms with Gasteiger partial charge in [0.05, 0.1) is 23.8 Å². The number of anilines is 1. The molecule has 2 unspecified atom stereocenters. The zero-order valence-corrected chi connectivity index (χ0v) is 21.3. The average Bonchev–Trinajstić information content (AvgIpc) is 3.66. The number of amides is 1. The molecule has 1 amide bonds. The molecule has 2 aromatic rings. The Kier molecular flexibility index (Phi) is 6.53. The fourth-order valence-corrected chi connectivity index (χ4v) is 7.29. The molecule has 2 aromatic carbocycles. The monoisotopic (exact) mass is 498 g/mol. The summed E-state index contributed by atoms with van der Waals surface area (Å²) in [6, 6.07) is 10.8. The quantitative estimate of drug-likeness (QED) is 0.602. The summed E-state index contributed by atoms with van der Waals surface area (Å²) >= 11 is 0. The molecule has 188 valence electrons. The summed E-state index contributed by atoms with van der Waals surface area (Å²) in [5, 5.41) is 10.0. The number of ether oxygens (including phenoxy) is 1. The van der Waals surface area contributed by atoms with Gasteiger partial charge in [-0.3, -0.25) is 9.10 Å². The second-order valence-corrected chi connectivity index (χ2v) is 12.0. The minimum atomic E-state index is -3.83. The summed E-state index contributed by atoms with van der Waals surface area (Å²) in [4.78, 5) is 13.6.